The quantitative estimate of drug-likeness (QED) is 0.598. The average molecular weight is 328 g/mol. The molecule has 2 aromatic rings. The first kappa shape index (κ1) is 17.0. The van der Waals surface area contributed by atoms with Gasteiger partial charge in [0.2, 0.25) is 0 Å². The number of aliphatic carboxylic acids is 1. The smallest absolute Gasteiger partial charge is 0.341 e. The molecule has 0 saturated carbocycles. The Morgan fingerprint density at radius 2 is 1.92 bits per heavy atom. The van der Waals surface area contributed by atoms with E-state index in [1.54, 1.807) is 55.6 Å². The molecule has 0 aliphatic rings. The zero-order valence-corrected chi connectivity index (χ0v) is 12.9. The molecular weight excluding hydrogens is 312 g/mol. The molecule has 0 spiro atoms. The molecule has 0 aliphatic carbocycles. The maximum atomic E-state index is 11.9. The van der Waals surface area contributed by atoms with Crippen molar-refractivity contribution in [3.05, 3.63) is 59.7 Å². The highest BCUT2D eigenvalue weighted by atomic mass is 16.5. The highest BCUT2D eigenvalue weighted by molar-refractivity contribution is 5.95. The lowest BCUT2D eigenvalue weighted by atomic mass is 10.2. The molecule has 7 heteroatoms. The minimum absolute atomic E-state index is 0.354. The van der Waals surface area contributed by atoms with E-state index in [1.807, 2.05) is 0 Å². The maximum absolute atomic E-state index is 11.9. The average Bonchev–Trinajstić information content (AvgIpc) is 2.60. The minimum Gasteiger partial charge on any atom is -0.497 e. The third-order valence-corrected chi connectivity index (χ3v) is 2.95. The topological polar surface area (TPSA) is 97.2 Å². The molecule has 2 rings (SSSR count). The van der Waals surface area contributed by atoms with Crippen LogP contribution >= 0.6 is 0 Å². The summed E-state index contributed by atoms with van der Waals surface area (Å²) in [5.41, 5.74) is 3.52. The molecule has 0 aromatic heterocycles. The number of carbonyl (C=O) groups excluding carboxylic acids is 1. The molecule has 2 aromatic carbocycles. The Morgan fingerprint density at radius 3 is 2.58 bits per heavy atom. The number of nitrogens with one attached hydrogen (secondary N) is 1. The van der Waals surface area contributed by atoms with Gasteiger partial charge in [-0.25, -0.2) is 10.2 Å². The Labute approximate surface area is 138 Å². The fraction of sp³-hybridized carbons (Fsp3) is 0.118. The van der Waals surface area contributed by atoms with E-state index in [1.165, 1.54) is 6.21 Å². The van der Waals surface area contributed by atoms with Crippen LogP contribution in [-0.4, -0.2) is 36.9 Å². The Hall–Kier alpha value is -3.35. The second kappa shape index (κ2) is 8.33. The predicted molar refractivity (Wildman–Crippen MR) is 87.6 cm³/mol. The normalized spacial score (nSPS) is 10.4. The molecule has 0 atom stereocenters. The van der Waals surface area contributed by atoms with Crippen molar-refractivity contribution in [2.24, 2.45) is 5.10 Å². The van der Waals surface area contributed by atoms with Gasteiger partial charge < -0.3 is 14.6 Å². The Bertz CT molecular complexity index is 741. The van der Waals surface area contributed by atoms with E-state index in [9.17, 15) is 9.59 Å². The van der Waals surface area contributed by atoms with Crippen LogP contribution in [0.2, 0.25) is 0 Å². The van der Waals surface area contributed by atoms with Gasteiger partial charge in [0.15, 0.2) is 6.61 Å². The summed E-state index contributed by atoms with van der Waals surface area (Å²) in [5, 5.41) is 12.5. The molecule has 0 radical (unpaired) electrons. The zero-order valence-electron chi connectivity index (χ0n) is 12.9. The van der Waals surface area contributed by atoms with E-state index in [4.69, 9.17) is 14.6 Å². The highest BCUT2D eigenvalue weighted by Crippen LogP contribution is 2.12. The predicted octanol–water partition coefficient (Wildman–Crippen LogP) is 1.92. The van der Waals surface area contributed by atoms with Crippen molar-refractivity contribution in [1.29, 1.82) is 0 Å². The van der Waals surface area contributed by atoms with Crippen LogP contribution in [0, 0.1) is 0 Å². The van der Waals surface area contributed by atoms with Crippen molar-refractivity contribution in [2.45, 2.75) is 0 Å². The number of ether oxygens (including phenoxy) is 2. The second-order valence-corrected chi connectivity index (χ2v) is 4.68. The van der Waals surface area contributed by atoms with Gasteiger partial charge >= 0.3 is 5.97 Å². The molecule has 24 heavy (non-hydrogen) atoms. The molecule has 0 fully saturated rings. The number of hydrazone groups is 1. The van der Waals surface area contributed by atoms with Gasteiger partial charge in [0.25, 0.3) is 5.91 Å². The summed E-state index contributed by atoms with van der Waals surface area (Å²) >= 11 is 0. The number of benzene rings is 2. The highest BCUT2D eigenvalue weighted by Gasteiger charge is 2.04. The van der Waals surface area contributed by atoms with Gasteiger partial charge in [-0.15, -0.1) is 0 Å². The monoisotopic (exact) mass is 328 g/mol. The SMILES string of the molecule is COc1ccc(C(=O)N/N=C\c2cccc(OCC(=O)O)c2)cc1. The van der Waals surface area contributed by atoms with E-state index >= 15 is 0 Å². The number of rotatable bonds is 7. The van der Waals surface area contributed by atoms with Crippen LogP contribution in [0.3, 0.4) is 0 Å². The van der Waals surface area contributed by atoms with Crippen molar-refractivity contribution >= 4 is 18.1 Å². The van der Waals surface area contributed by atoms with Crippen LogP contribution in [0.25, 0.3) is 0 Å². The summed E-state index contributed by atoms with van der Waals surface area (Å²) in [5.74, 6) is -0.343. The van der Waals surface area contributed by atoms with E-state index in [-0.39, 0.29) is 5.91 Å². The fourth-order valence-electron chi connectivity index (χ4n) is 1.80. The van der Waals surface area contributed by atoms with Gasteiger partial charge in [-0.1, -0.05) is 12.1 Å². The van der Waals surface area contributed by atoms with Crippen LogP contribution in [-0.2, 0) is 4.79 Å². The zero-order chi connectivity index (χ0) is 17.4. The van der Waals surface area contributed by atoms with E-state index in [2.05, 4.69) is 10.5 Å². The van der Waals surface area contributed by atoms with Gasteiger partial charge in [-0.2, -0.15) is 5.10 Å². The summed E-state index contributed by atoms with van der Waals surface area (Å²) in [7, 11) is 1.55. The first-order chi connectivity index (χ1) is 11.6. The lowest BCUT2D eigenvalue weighted by molar-refractivity contribution is -0.139. The van der Waals surface area contributed by atoms with Crippen LogP contribution in [0.1, 0.15) is 15.9 Å². The number of carboxylic acid groups (broad SMARTS) is 1. The van der Waals surface area contributed by atoms with Crippen LogP contribution in [0.4, 0.5) is 0 Å². The van der Waals surface area contributed by atoms with Crippen molar-refractivity contribution in [3.63, 3.8) is 0 Å². The summed E-state index contributed by atoms with van der Waals surface area (Å²) in [6.45, 7) is -0.422. The fourth-order valence-corrected chi connectivity index (χ4v) is 1.80. The third-order valence-electron chi connectivity index (χ3n) is 2.95. The molecule has 0 aliphatic heterocycles. The van der Waals surface area contributed by atoms with Crippen molar-refractivity contribution in [3.8, 4) is 11.5 Å². The van der Waals surface area contributed by atoms with Gasteiger partial charge in [0.05, 0.1) is 13.3 Å². The number of methoxy groups -OCH3 is 1. The standard InChI is InChI=1S/C17H16N2O5/c1-23-14-7-5-13(6-8-14)17(22)19-18-10-12-3-2-4-15(9-12)24-11-16(20)21/h2-10H,11H2,1H3,(H,19,22)(H,20,21)/b18-10-. The van der Waals surface area contributed by atoms with Crippen molar-refractivity contribution in [2.75, 3.05) is 13.7 Å². The van der Waals surface area contributed by atoms with Gasteiger partial charge in [-0.05, 0) is 42.0 Å². The van der Waals surface area contributed by atoms with E-state index in [0.29, 0.717) is 22.6 Å². The van der Waals surface area contributed by atoms with Crippen molar-refractivity contribution < 1.29 is 24.2 Å². The lowest BCUT2D eigenvalue weighted by Crippen LogP contribution is -2.17. The van der Waals surface area contributed by atoms with Crippen LogP contribution < -0.4 is 14.9 Å². The molecule has 0 unspecified atom stereocenters. The number of carboxylic acids is 1. The molecule has 0 saturated heterocycles. The van der Waals surface area contributed by atoms with E-state index in [0.717, 1.165) is 0 Å². The number of hydrogen-bond donors (Lipinski definition) is 2. The third kappa shape index (κ3) is 5.13. The molecular formula is C17H16N2O5. The van der Waals surface area contributed by atoms with Gasteiger partial charge in [0, 0.05) is 5.56 Å². The molecule has 2 N–H and O–H groups in total. The Kier molecular flexibility index (Phi) is 5.90. The van der Waals surface area contributed by atoms with Crippen LogP contribution in [0.15, 0.2) is 53.6 Å². The Morgan fingerprint density at radius 1 is 1.17 bits per heavy atom. The maximum Gasteiger partial charge on any atom is 0.341 e. The number of hydrogen-bond acceptors (Lipinski definition) is 5. The van der Waals surface area contributed by atoms with Gasteiger partial charge in [0.1, 0.15) is 11.5 Å². The largest absolute Gasteiger partial charge is 0.497 e. The molecule has 7 nitrogen and oxygen atoms in total. The molecule has 1 amide bonds. The number of amides is 1. The summed E-state index contributed by atoms with van der Waals surface area (Å²) < 4.78 is 10.1. The molecule has 0 heterocycles. The van der Waals surface area contributed by atoms with Gasteiger partial charge in [-0.3, -0.25) is 4.79 Å². The second-order valence-electron chi connectivity index (χ2n) is 4.68. The van der Waals surface area contributed by atoms with Crippen molar-refractivity contribution in [1.82, 2.24) is 5.43 Å². The lowest BCUT2D eigenvalue weighted by Gasteiger charge is -2.04. The Balaban J connectivity index is 1.94. The summed E-state index contributed by atoms with van der Waals surface area (Å²) in [6, 6.07) is 13.3. The number of carbonyl (C=O) groups is 2. The first-order valence-electron chi connectivity index (χ1n) is 7.00. The summed E-state index contributed by atoms with van der Waals surface area (Å²) in [4.78, 5) is 22.4. The minimum atomic E-state index is -1.05. The number of nitrogens with zero attached hydrogens (tertiary/aromatic N) is 1. The summed E-state index contributed by atoms with van der Waals surface area (Å²) in [6.07, 6.45) is 1.44. The molecule has 0 bridgehead atoms. The van der Waals surface area contributed by atoms with Crippen LogP contribution in [0.5, 0.6) is 11.5 Å². The first-order valence-corrected chi connectivity index (χ1v) is 7.00. The van der Waals surface area contributed by atoms with E-state index < -0.39 is 12.6 Å². The molecule has 124 valence electrons.